The minimum Gasteiger partial charge on any atom is -0.479 e. The van der Waals surface area contributed by atoms with E-state index in [9.17, 15) is 14.7 Å². The normalized spacial score (nSPS) is 21.5. The van der Waals surface area contributed by atoms with Gasteiger partial charge in [0.05, 0.1) is 18.6 Å². The van der Waals surface area contributed by atoms with E-state index >= 15 is 0 Å². The highest BCUT2D eigenvalue weighted by Gasteiger charge is 2.54. The predicted octanol–water partition coefficient (Wildman–Crippen LogP) is 3.80. The largest absolute Gasteiger partial charge is 0.479 e. The summed E-state index contributed by atoms with van der Waals surface area (Å²) in [6, 6.07) is 5.02. The lowest BCUT2D eigenvalue weighted by Crippen LogP contribution is -2.58. The zero-order valence-corrected chi connectivity index (χ0v) is 16.4. The Hall–Kier alpha value is -1.30. The number of ether oxygens (including phenoxy) is 1. The molecule has 1 aromatic rings. The van der Waals surface area contributed by atoms with Crippen LogP contribution in [-0.4, -0.2) is 35.7 Å². The van der Waals surface area contributed by atoms with Crippen molar-refractivity contribution in [2.75, 3.05) is 13.2 Å². The molecular formula is C19H23Cl2NO4. The molecule has 1 aromatic carbocycles. The van der Waals surface area contributed by atoms with Gasteiger partial charge in [-0.2, -0.15) is 0 Å². The number of halogens is 2. The molecule has 0 unspecified atom stereocenters. The maximum atomic E-state index is 12.9. The second-order valence-corrected chi connectivity index (χ2v) is 8.94. The van der Waals surface area contributed by atoms with Crippen molar-refractivity contribution in [3.63, 3.8) is 0 Å². The zero-order valence-electron chi connectivity index (χ0n) is 14.9. The fraction of sp³-hybridized carbons (Fsp3) is 0.579. The number of carbonyl (C=O) groups excluding carboxylic acids is 1. The quantitative estimate of drug-likeness (QED) is 0.696. The van der Waals surface area contributed by atoms with Crippen molar-refractivity contribution in [1.29, 1.82) is 0 Å². The molecule has 142 valence electrons. The molecule has 1 atom stereocenters. The SMILES string of the molecule is CC1(COC[C@](C)(NC(=O)C2(c3ccc(Cl)cc3Cl)CC2)C(=O)O)CC1. The molecule has 2 saturated carbocycles. The second-order valence-electron chi connectivity index (χ2n) is 8.10. The fourth-order valence-electron chi connectivity index (χ4n) is 3.00. The summed E-state index contributed by atoms with van der Waals surface area (Å²) in [7, 11) is 0. The molecule has 2 aliphatic carbocycles. The first kappa shape index (κ1) is 19.5. The van der Waals surface area contributed by atoms with Gasteiger partial charge in [-0.15, -0.1) is 0 Å². The molecule has 3 rings (SSSR count). The molecule has 0 saturated heterocycles. The Morgan fingerprint density at radius 2 is 1.92 bits per heavy atom. The van der Waals surface area contributed by atoms with Gasteiger partial charge >= 0.3 is 5.97 Å². The van der Waals surface area contributed by atoms with Gasteiger partial charge in [-0.25, -0.2) is 4.79 Å². The number of rotatable bonds is 8. The molecule has 0 heterocycles. The molecule has 2 N–H and O–H groups in total. The smallest absolute Gasteiger partial charge is 0.331 e. The van der Waals surface area contributed by atoms with Crippen LogP contribution in [-0.2, 0) is 19.7 Å². The summed E-state index contributed by atoms with van der Waals surface area (Å²) in [6.07, 6.45) is 3.41. The van der Waals surface area contributed by atoms with E-state index in [0.717, 1.165) is 12.8 Å². The summed E-state index contributed by atoms with van der Waals surface area (Å²) in [6.45, 7) is 4.00. The average molecular weight is 400 g/mol. The summed E-state index contributed by atoms with van der Waals surface area (Å²) in [5.41, 5.74) is -1.45. The van der Waals surface area contributed by atoms with Gasteiger partial charge in [-0.3, -0.25) is 4.79 Å². The highest BCUT2D eigenvalue weighted by Crippen LogP contribution is 2.51. The monoisotopic (exact) mass is 399 g/mol. The van der Waals surface area contributed by atoms with Crippen LogP contribution in [0.25, 0.3) is 0 Å². The van der Waals surface area contributed by atoms with Crippen LogP contribution in [0.4, 0.5) is 0 Å². The number of nitrogens with one attached hydrogen (secondary N) is 1. The van der Waals surface area contributed by atoms with Crippen LogP contribution < -0.4 is 5.32 Å². The molecule has 0 spiro atoms. The molecule has 0 bridgehead atoms. The molecular weight excluding hydrogens is 377 g/mol. The third-order valence-electron chi connectivity index (χ3n) is 5.44. The Bertz CT molecular complexity index is 743. The molecule has 2 fully saturated rings. The molecule has 2 aliphatic rings. The summed E-state index contributed by atoms with van der Waals surface area (Å²) in [4.78, 5) is 24.7. The lowest BCUT2D eigenvalue weighted by Gasteiger charge is -2.29. The van der Waals surface area contributed by atoms with Crippen LogP contribution in [0.15, 0.2) is 18.2 Å². The maximum Gasteiger partial charge on any atom is 0.331 e. The topological polar surface area (TPSA) is 75.6 Å². The van der Waals surface area contributed by atoms with Crippen molar-refractivity contribution >= 4 is 35.1 Å². The first-order valence-corrected chi connectivity index (χ1v) is 9.45. The van der Waals surface area contributed by atoms with Crippen LogP contribution in [0.3, 0.4) is 0 Å². The van der Waals surface area contributed by atoms with Gasteiger partial charge < -0.3 is 15.2 Å². The summed E-state index contributed by atoms with van der Waals surface area (Å²) in [5, 5.41) is 13.2. The first-order valence-electron chi connectivity index (χ1n) is 8.70. The van der Waals surface area contributed by atoms with Crippen molar-refractivity contribution in [2.24, 2.45) is 5.41 Å². The highest BCUT2D eigenvalue weighted by molar-refractivity contribution is 6.35. The van der Waals surface area contributed by atoms with Crippen molar-refractivity contribution in [2.45, 2.75) is 50.5 Å². The number of carboxylic acids is 1. The van der Waals surface area contributed by atoms with Crippen molar-refractivity contribution in [1.82, 2.24) is 5.32 Å². The first-order chi connectivity index (χ1) is 12.1. The summed E-state index contributed by atoms with van der Waals surface area (Å²) < 4.78 is 5.63. The van der Waals surface area contributed by atoms with Gasteiger partial charge in [0.25, 0.3) is 0 Å². The summed E-state index contributed by atoms with van der Waals surface area (Å²) >= 11 is 12.2. The lowest BCUT2D eigenvalue weighted by molar-refractivity contribution is -0.150. The van der Waals surface area contributed by atoms with Crippen LogP contribution >= 0.6 is 23.2 Å². The van der Waals surface area contributed by atoms with Gasteiger partial charge in [-0.05, 0) is 55.7 Å². The molecule has 0 radical (unpaired) electrons. The van der Waals surface area contributed by atoms with Gasteiger partial charge in [0.1, 0.15) is 0 Å². The Labute approximate surface area is 163 Å². The van der Waals surface area contributed by atoms with Gasteiger partial charge in [-0.1, -0.05) is 36.2 Å². The number of benzene rings is 1. The van der Waals surface area contributed by atoms with E-state index in [1.165, 1.54) is 6.92 Å². The van der Waals surface area contributed by atoms with E-state index in [-0.39, 0.29) is 17.9 Å². The number of carbonyl (C=O) groups is 2. The van der Waals surface area contributed by atoms with Gasteiger partial charge in [0.2, 0.25) is 5.91 Å². The number of hydrogen-bond donors (Lipinski definition) is 2. The van der Waals surface area contributed by atoms with E-state index in [0.29, 0.717) is 35.1 Å². The van der Waals surface area contributed by atoms with E-state index in [2.05, 4.69) is 12.2 Å². The standard InChI is InChI=1S/C19H23Cl2NO4/c1-17(5-6-17)10-26-11-18(2,16(24)25)22-15(23)19(7-8-19)13-4-3-12(20)9-14(13)21/h3-4,9H,5-8,10-11H2,1-2H3,(H,22,23)(H,24,25)/t18-/m0/s1. The molecule has 0 aliphatic heterocycles. The molecule has 0 aromatic heterocycles. The number of amides is 1. The van der Waals surface area contributed by atoms with Crippen molar-refractivity contribution in [3.8, 4) is 0 Å². The van der Waals surface area contributed by atoms with E-state index in [1.807, 2.05) is 0 Å². The van der Waals surface area contributed by atoms with Crippen LogP contribution in [0.5, 0.6) is 0 Å². The Morgan fingerprint density at radius 3 is 2.42 bits per heavy atom. The zero-order chi connectivity index (χ0) is 19.2. The average Bonchev–Trinajstić information content (AvgIpc) is 3.45. The van der Waals surface area contributed by atoms with Crippen molar-refractivity contribution in [3.05, 3.63) is 33.8 Å². The molecule has 26 heavy (non-hydrogen) atoms. The Balaban J connectivity index is 1.72. The molecule has 1 amide bonds. The Morgan fingerprint density at radius 1 is 1.27 bits per heavy atom. The van der Waals surface area contributed by atoms with E-state index < -0.39 is 16.9 Å². The van der Waals surface area contributed by atoms with Crippen LogP contribution in [0.2, 0.25) is 10.0 Å². The third kappa shape index (κ3) is 3.85. The highest BCUT2D eigenvalue weighted by atomic mass is 35.5. The lowest BCUT2D eigenvalue weighted by atomic mass is 9.92. The number of hydrogen-bond acceptors (Lipinski definition) is 3. The molecule has 7 heteroatoms. The fourth-order valence-corrected chi connectivity index (χ4v) is 3.59. The second kappa shape index (κ2) is 6.70. The minimum atomic E-state index is -1.49. The van der Waals surface area contributed by atoms with Gasteiger partial charge in [0, 0.05) is 10.0 Å². The maximum absolute atomic E-state index is 12.9. The van der Waals surface area contributed by atoms with Crippen LogP contribution in [0.1, 0.15) is 45.1 Å². The number of aliphatic carboxylic acids is 1. The minimum absolute atomic E-state index is 0.0753. The summed E-state index contributed by atoms with van der Waals surface area (Å²) in [5.74, 6) is -1.46. The van der Waals surface area contributed by atoms with E-state index in [1.54, 1.807) is 18.2 Å². The van der Waals surface area contributed by atoms with Gasteiger partial charge in [0.15, 0.2) is 5.54 Å². The third-order valence-corrected chi connectivity index (χ3v) is 5.99. The number of carboxylic acid groups (broad SMARTS) is 1. The predicted molar refractivity (Wildman–Crippen MR) is 99.7 cm³/mol. The molecule has 5 nitrogen and oxygen atoms in total. The van der Waals surface area contributed by atoms with Crippen LogP contribution in [0, 0.1) is 5.41 Å². The van der Waals surface area contributed by atoms with E-state index in [4.69, 9.17) is 27.9 Å². The Kier molecular flexibility index (Phi) is 5.01. The van der Waals surface area contributed by atoms with Crippen molar-refractivity contribution < 1.29 is 19.4 Å².